The van der Waals surface area contributed by atoms with Crippen LogP contribution in [0.5, 0.6) is 5.75 Å². The average molecular weight is 394 g/mol. The van der Waals surface area contributed by atoms with Gasteiger partial charge in [-0.1, -0.05) is 6.07 Å². The van der Waals surface area contributed by atoms with Crippen molar-refractivity contribution in [3.8, 4) is 5.75 Å². The molecule has 2 amide bonds. The number of carbonyl (C=O) groups excluding carboxylic acids is 3. The summed E-state index contributed by atoms with van der Waals surface area (Å²) in [5.41, 5.74) is -3.02. The van der Waals surface area contributed by atoms with E-state index in [1.54, 1.807) is 6.92 Å². The third kappa shape index (κ3) is 3.48. The number of ether oxygens (including phenoxy) is 1. The minimum atomic E-state index is -1.99. The second-order valence-corrected chi connectivity index (χ2v) is 6.34. The van der Waals surface area contributed by atoms with Gasteiger partial charge >= 0.3 is 11.7 Å². The lowest BCUT2D eigenvalue weighted by atomic mass is 9.91. The van der Waals surface area contributed by atoms with Crippen molar-refractivity contribution in [2.75, 3.05) is 40.3 Å². The van der Waals surface area contributed by atoms with Gasteiger partial charge in [-0.15, -0.1) is 0 Å². The van der Waals surface area contributed by atoms with Crippen molar-refractivity contribution < 1.29 is 29.2 Å². The molecule has 0 radical (unpaired) electrons. The molecule has 2 rings (SSSR count). The SMILES string of the molecule is CCOC(=O)C1(C(=O)N(C)C)CNCCN1C(=O)c1cccc([N+](=O)[O-])c1O. The van der Waals surface area contributed by atoms with Gasteiger partial charge in [0.05, 0.1) is 17.1 Å². The minimum Gasteiger partial charge on any atom is -0.502 e. The van der Waals surface area contributed by atoms with Gasteiger partial charge in [0.2, 0.25) is 11.3 Å². The van der Waals surface area contributed by atoms with Crippen LogP contribution in [0.4, 0.5) is 5.69 Å². The Bertz CT molecular complexity index is 811. The van der Waals surface area contributed by atoms with E-state index in [1.165, 1.54) is 26.2 Å². The van der Waals surface area contributed by atoms with Crippen LogP contribution >= 0.6 is 0 Å². The van der Waals surface area contributed by atoms with Gasteiger partial charge in [-0.2, -0.15) is 0 Å². The van der Waals surface area contributed by atoms with Crippen molar-refractivity contribution in [1.29, 1.82) is 0 Å². The van der Waals surface area contributed by atoms with Crippen molar-refractivity contribution in [3.05, 3.63) is 33.9 Å². The number of carbonyl (C=O) groups is 3. The maximum Gasteiger partial charge on any atom is 0.343 e. The van der Waals surface area contributed by atoms with Gasteiger partial charge in [-0.3, -0.25) is 19.7 Å². The van der Waals surface area contributed by atoms with Crippen molar-refractivity contribution in [2.45, 2.75) is 12.5 Å². The molecule has 28 heavy (non-hydrogen) atoms. The highest BCUT2D eigenvalue weighted by molar-refractivity contribution is 6.13. The molecular weight excluding hydrogens is 372 g/mol. The van der Waals surface area contributed by atoms with E-state index in [2.05, 4.69) is 5.32 Å². The lowest BCUT2D eigenvalue weighted by Crippen LogP contribution is -2.73. The Hall–Kier alpha value is -3.21. The molecule has 1 fully saturated rings. The number of para-hydroxylation sites is 1. The van der Waals surface area contributed by atoms with Gasteiger partial charge in [-0.25, -0.2) is 4.79 Å². The van der Waals surface area contributed by atoms with Crippen LogP contribution in [0, 0.1) is 10.1 Å². The molecule has 0 saturated carbocycles. The van der Waals surface area contributed by atoms with Gasteiger partial charge in [-0.05, 0) is 13.0 Å². The molecule has 1 aromatic carbocycles. The minimum absolute atomic E-state index is 0.00855. The van der Waals surface area contributed by atoms with Gasteiger partial charge in [0, 0.05) is 39.8 Å². The van der Waals surface area contributed by atoms with Crippen LogP contribution in [0.3, 0.4) is 0 Å². The topological polar surface area (TPSA) is 142 Å². The molecule has 1 atom stereocenters. The maximum atomic E-state index is 13.2. The number of rotatable bonds is 5. The zero-order valence-corrected chi connectivity index (χ0v) is 15.8. The lowest BCUT2D eigenvalue weighted by molar-refractivity contribution is -0.385. The van der Waals surface area contributed by atoms with E-state index in [0.717, 1.165) is 15.9 Å². The molecule has 1 aromatic rings. The molecule has 1 aliphatic heterocycles. The molecule has 0 aromatic heterocycles. The summed E-state index contributed by atoms with van der Waals surface area (Å²) in [7, 11) is 2.87. The number of phenolic OH excluding ortho intramolecular Hbond substituents is 1. The van der Waals surface area contributed by atoms with Crippen LogP contribution in [0.1, 0.15) is 17.3 Å². The number of hydrogen-bond acceptors (Lipinski definition) is 8. The first-order valence-electron chi connectivity index (χ1n) is 8.56. The molecular formula is C17H22N4O7. The fourth-order valence-corrected chi connectivity index (χ4v) is 3.10. The Balaban J connectivity index is 2.60. The average Bonchev–Trinajstić information content (AvgIpc) is 2.66. The molecule has 0 bridgehead atoms. The summed E-state index contributed by atoms with van der Waals surface area (Å²) >= 11 is 0. The van der Waals surface area contributed by atoms with Gasteiger partial charge in [0.25, 0.3) is 11.8 Å². The number of hydrogen-bond donors (Lipinski definition) is 2. The Labute approximate surface area is 161 Å². The molecule has 2 N–H and O–H groups in total. The van der Waals surface area contributed by atoms with Crippen LogP contribution in [0.15, 0.2) is 18.2 Å². The van der Waals surface area contributed by atoms with Crippen molar-refractivity contribution in [2.24, 2.45) is 0 Å². The summed E-state index contributed by atoms with van der Waals surface area (Å²) in [6.07, 6.45) is 0. The van der Waals surface area contributed by atoms with Crippen LogP contribution in [-0.2, 0) is 14.3 Å². The summed E-state index contributed by atoms with van der Waals surface area (Å²) < 4.78 is 5.07. The van der Waals surface area contributed by atoms with Gasteiger partial charge in [0.1, 0.15) is 0 Å². The van der Waals surface area contributed by atoms with E-state index in [1.807, 2.05) is 0 Å². The molecule has 0 spiro atoms. The monoisotopic (exact) mass is 394 g/mol. The second kappa shape index (κ2) is 8.21. The van der Waals surface area contributed by atoms with E-state index in [9.17, 15) is 29.6 Å². The Morgan fingerprint density at radius 2 is 2.07 bits per heavy atom. The predicted molar refractivity (Wildman–Crippen MR) is 96.7 cm³/mol. The van der Waals surface area contributed by atoms with Crippen molar-refractivity contribution in [1.82, 2.24) is 15.1 Å². The summed E-state index contributed by atoms with van der Waals surface area (Å²) in [5.74, 6) is -3.31. The standard InChI is InChI=1S/C17H22N4O7/c1-4-28-16(25)17(15(24)19(2)3)10-18-8-9-20(17)14(23)11-6-5-7-12(13(11)22)21(26)27/h5-7,18,22H,4,8-10H2,1-3H3. The van der Waals surface area contributed by atoms with Gasteiger partial charge < -0.3 is 25.0 Å². The van der Waals surface area contributed by atoms with Crippen LogP contribution < -0.4 is 5.32 Å². The molecule has 0 aliphatic carbocycles. The largest absolute Gasteiger partial charge is 0.502 e. The smallest absolute Gasteiger partial charge is 0.343 e. The first kappa shape index (κ1) is 21.1. The number of nitrogens with one attached hydrogen (secondary N) is 1. The first-order chi connectivity index (χ1) is 13.2. The Morgan fingerprint density at radius 3 is 2.64 bits per heavy atom. The number of esters is 1. The van der Waals surface area contributed by atoms with Crippen molar-refractivity contribution in [3.63, 3.8) is 0 Å². The quantitative estimate of drug-likeness (QED) is 0.301. The number of piperazine rings is 1. The number of aromatic hydroxyl groups is 1. The van der Waals surface area contributed by atoms with E-state index in [4.69, 9.17) is 4.74 Å². The zero-order chi connectivity index (χ0) is 21.1. The van der Waals surface area contributed by atoms with Crippen LogP contribution in [0.25, 0.3) is 0 Å². The summed E-state index contributed by atoms with van der Waals surface area (Å²) in [6, 6.07) is 3.49. The molecule has 1 heterocycles. The molecule has 11 nitrogen and oxygen atoms in total. The second-order valence-electron chi connectivity index (χ2n) is 6.34. The molecule has 152 valence electrons. The number of nitro groups is 1. The number of nitrogens with zero attached hydrogens (tertiary/aromatic N) is 3. The number of amides is 2. The number of benzene rings is 1. The molecule has 11 heteroatoms. The fraction of sp³-hybridized carbons (Fsp3) is 0.471. The van der Waals surface area contributed by atoms with Crippen LogP contribution in [-0.4, -0.2) is 83.5 Å². The van der Waals surface area contributed by atoms with E-state index < -0.39 is 39.7 Å². The Morgan fingerprint density at radius 1 is 1.39 bits per heavy atom. The number of nitro benzene ring substituents is 1. The molecule has 1 saturated heterocycles. The van der Waals surface area contributed by atoms with E-state index in [-0.39, 0.29) is 31.8 Å². The Kier molecular flexibility index (Phi) is 6.19. The zero-order valence-electron chi connectivity index (χ0n) is 15.8. The number of phenols is 1. The van der Waals surface area contributed by atoms with Crippen LogP contribution in [0.2, 0.25) is 0 Å². The third-order valence-corrected chi connectivity index (χ3v) is 4.41. The highest BCUT2D eigenvalue weighted by Crippen LogP contribution is 2.33. The summed E-state index contributed by atoms with van der Waals surface area (Å²) in [4.78, 5) is 51.4. The van der Waals surface area contributed by atoms with Gasteiger partial charge in [0.15, 0.2) is 0 Å². The molecule has 1 unspecified atom stereocenters. The fourth-order valence-electron chi connectivity index (χ4n) is 3.10. The third-order valence-electron chi connectivity index (χ3n) is 4.41. The summed E-state index contributed by atoms with van der Waals surface area (Å²) in [5, 5.41) is 24.2. The highest BCUT2D eigenvalue weighted by atomic mass is 16.6. The van der Waals surface area contributed by atoms with Crippen molar-refractivity contribution >= 4 is 23.5 Å². The van der Waals surface area contributed by atoms with E-state index >= 15 is 0 Å². The highest BCUT2D eigenvalue weighted by Gasteiger charge is 2.56. The maximum absolute atomic E-state index is 13.2. The lowest BCUT2D eigenvalue weighted by Gasteiger charge is -2.44. The number of likely N-dealkylation sites (N-methyl/N-ethyl adjacent to an activating group) is 1. The van der Waals surface area contributed by atoms with E-state index in [0.29, 0.717) is 0 Å². The molecule has 1 aliphatic rings. The summed E-state index contributed by atoms with van der Waals surface area (Å²) in [6.45, 7) is 1.61. The predicted octanol–water partition coefficient (Wildman–Crippen LogP) is -0.264. The normalized spacial score (nSPS) is 19.0. The first-order valence-corrected chi connectivity index (χ1v) is 8.56.